The van der Waals surface area contributed by atoms with Crippen molar-refractivity contribution in [2.45, 2.75) is 52.1 Å². The first-order valence-electron chi connectivity index (χ1n) is 6.04. The molecule has 2 heterocycles. The van der Waals surface area contributed by atoms with E-state index in [9.17, 15) is 4.79 Å². The Morgan fingerprint density at radius 1 is 1.33 bits per heavy atom. The lowest BCUT2D eigenvalue weighted by atomic mass is 9.85. The summed E-state index contributed by atoms with van der Waals surface area (Å²) in [5, 5.41) is 3.20. The molecule has 2 aliphatic rings. The van der Waals surface area contributed by atoms with Crippen molar-refractivity contribution in [1.29, 1.82) is 0 Å². The molecule has 0 aromatic heterocycles. The van der Waals surface area contributed by atoms with Crippen molar-refractivity contribution in [2.75, 3.05) is 13.1 Å². The van der Waals surface area contributed by atoms with Crippen molar-refractivity contribution in [3.05, 3.63) is 0 Å². The fraction of sp³-hybridized carbons (Fsp3) is 0.917. The summed E-state index contributed by atoms with van der Waals surface area (Å²) in [5.41, 5.74) is 0.218. The highest BCUT2D eigenvalue weighted by atomic mass is 16.2. The Hall–Kier alpha value is -0.570. The highest BCUT2D eigenvalue weighted by molar-refractivity contribution is 5.83. The molecule has 2 fully saturated rings. The van der Waals surface area contributed by atoms with Gasteiger partial charge in [-0.1, -0.05) is 20.8 Å². The number of amides is 1. The molecule has 1 N–H and O–H groups in total. The van der Waals surface area contributed by atoms with Gasteiger partial charge in [0, 0.05) is 12.6 Å². The van der Waals surface area contributed by atoms with E-state index in [0.29, 0.717) is 11.9 Å². The fourth-order valence-electron chi connectivity index (χ4n) is 2.63. The molecule has 86 valence electrons. The Morgan fingerprint density at radius 3 is 2.47 bits per heavy atom. The topological polar surface area (TPSA) is 32.3 Å². The zero-order valence-electron chi connectivity index (χ0n) is 10.0. The molecule has 15 heavy (non-hydrogen) atoms. The summed E-state index contributed by atoms with van der Waals surface area (Å²) in [7, 11) is 0. The van der Waals surface area contributed by atoms with E-state index in [1.807, 2.05) is 0 Å². The van der Waals surface area contributed by atoms with Crippen molar-refractivity contribution in [2.24, 2.45) is 5.41 Å². The largest absolute Gasteiger partial charge is 0.338 e. The molecule has 3 heteroatoms. The number of carbonyl (C=O) groups is 1. The number of rotatable bonds is 1. The van der Waals surface area contributed by atoms with Crippen LogP contribution in [0, 0.1) is 5.41 Å². The van der Waals surface area contributed by atoms with Gasteiger partial charge in [0.25, 0.3) is 0 Å². The van der Waals surface area contributed by atoms with Crippen molar-refractivity contribution in [3.63, 3.8) is 0 Å². The van der Waals surface area contributed by atoms with Gasteiger partial charge in [0.15, 0.2) is 0 Å². The van der Waals surface area contributed by atoms with Gasteiger partial charge in [0.1, 0.15) is 0 Å². The Balaban J connectivity index is 2.04. The molecule has 0 radical (unpaired) electrons. The second kappa shape index (κ2) is 3.78. The summed E-state index contributed by atoms with van der Waals surface area (Å²) in [6, 6.07) is 0.556. The molecule has 0 saturated carbocycles. The summed E-state index contributed by atoms with van der Waals surface area (Å²) in [4.78, 5) is 14.3. The van der Waals surface area contributed by atoms with E-state index >= 15 is 0 Å². The van der Waals surface area contributed by atoms with Crippen LogP contribution in [-0.2, 0) is 4.79 Å². The van der Waals surface area contributed by atoms with Gasteiger partial charge in [-0.3, -0.25) is 4.79 Å². The molecule has 0 aliphatic carbocycles. The van der Waals surface area contributed by atoms with Crippen molar-refractivity contribution in [1.82, 2.24) is 10.2 Å². The Morgan fingerprint density at radius 2 is 2.00 bits per heavy atom. The molecule has 2 saturated heterocycles. The molecule has 0 aromatic carbocycles. The van der Waals surface area contributed by atoms with E-state index in [0.717, 1.165) is 19.5 Å². The van der Waals surface area contributed by atoms with Crippen LogP contribution in [0.4, 0.5) is 0 Å². The summed E-state index contributed by atoms with van der Waals surface area (Å²) < 4.78 is 0. The normalized spacial score (nSPS) is 31.5. The van der Waals surface area contributed by atoms with Crippen LogP contribution in [0.2, 0.25) is 0 Å². The summed E-state index contributed by atoms with van der Waals surface area (Å²) in [6.45, 7) is 8.66. The summed E-state index contributed by atoms with van der Waals surface area (Å²) >= 11 is 0. The van der Waals surface area contributed by atoms with Gasteiger partial charge >= 0.3 is 0 Å². The first kappa shape index (κ1) is 10.9. The molecule has 1 amide bonds. The van der Waals surface area contributed by atoms with Crippen LogP contribution in [0.3, 0.4) is 0 Å². The summed E-state index contributed by atoms with van der Waals surface area (Å²) in [6.07, 6.45) is 3.36. The number of likely N-dealkylation sites (tertiary alicyclic amines) is 1. The van der Waals surface area contributed by atoms with Gasteiger partial charge in [-0.05, 0) is 31.2 Å². The highest BCUT2D eigenvalue weighted by Gasteiger charge is 2.40. The van der Waals surface area contributed by atoms with E-state index in [1.54, 1.807) is 0 Å². The minimum atomic E-state index is 0.118. The number of carbonyl (C=O) groups excluding carboxylic acids is 1. The number of hydrogen-bond donors (Lipinski definition) is 1. The van der Waals surface area contributed by atoms with Crippen LogP contribution >= 0.6 is 0 Å². The average Bonchev–Trinajstić information content (AvgIpc) is 2.45. The summed E-state index contributed by atoms with van der Waals surface area (Å²) in [5.74, 6) is 0.332. The third kappa shape index (κ3) is 2.03. The molecule has 0 aromatic rings. The first-order chi connectivity index (χ1) is 7.00. The lowest BCUT2D eigenvalue weighted by Crippen LogP contribution is -2.56. The SMILES string of the molecule is CC(C)(C)C1CCCN1C(=O)[C@H]1CCN1. The van der Waals surface area contributed by atoms with Gasteiger partial charge in [-0.25, -0.2) is 0 Å². The number of nitrogens with zero attached hydrogens (tertiary/aromatic N) is 1. The lowest BCUT2D eigenvalue weighted by Gasteiger charge is -2.39. The third-order valence-corrected chi connectivity index (χ3v) is 3.66. The predicted molar refractivity (Wildman–Crippen MR) is 60.6 cm³/mol. The first-order valence-corrected chi connectivity index (χ1v) is 6.04. The molecular formula is C12H22N2O. The predicted octanol–water partition coefficient (Wildman–Crippen LogP) is 1.39. The second-order valence-electron chi connectivity index (χ2n) is 5.85. The molecule has 2 aliphatic heterocycles. The Kier molecular flexibility index (Phi) is 2.75. The smallest absolute Gasteiger partial charge is 0.240 e. The van der Waals surface area contributed by atoms with Gasteiger partial charge < -0.3 is 10.2 Å². The van der Waals surface area contributed by atoms with Crippen LogP contribution in [0.25, 0.3) is 0 Å². The highest BCUT2D eigenvalue weighted by Crippen LogP contribution is 2.33. The lowest BCUT2D eigenvalue weighted by molar-refractivity contribution is -0.137. The maximum Gasteiger partial charge on any atom is 0.240 e. The van der Waals surface area contributed by atoms with Crippen molar-refractivity contribution in [3.8, 4) is 0 Å². The fourth-order valence-corrected chi connectivity index (χ4v) is 2.63. The van der Waals surface area contributed by atoms with E-state index in [1.165, 1.54) is 12.8 Å². The standard InChI is InChI=1S/C12H22N2O/c1-12(2,3)10-5-4-8-14(10)11(15)9-6-7-13-9/h9-10,13H,4-8H2,1-3H3/t9-,10?/m1/s1. The van der Waals surface area contributed by atoms with Crippen LogP contribution in [0.5, 0.6) is 0 Å². The Bertz CT molecular complexity index is 253. The van der Waals surface area contributed by atoms with Gasteiger partial charge in [0.2, 0.25) is 5.91 Å². The third-order valence-electron chi connectivity index (χ3n) is 3.66. The van der Waals surface area contributed by atoms with Crippen LogP contribution < -0.4 is 5.32 Å². The van der Waals surface area contributed by atoms with Crippen LogP contribution in [0.15, 0.2) is 0 Å². The molecule has 0 bridgehead atoms. The Labute approximate surface area is 92.2 Å². The number of hydrogen-bond acceptors (Lipinski definition) is 2. The van der Waals surface area contributed by atoms with Gasteiger partial charge in [-0.2, -0.15) is 0 Å². The van der Waals surface area contributed by atoms with Crippen molar-refractivity contribution < 1.29 is 4.79 Å². The second-order valence-corrected chi connectivity index (χ2v) is 5.85. The molecule has 3 nitrogen and oxygen atoms in total. The minimum absolute atomic E-state index is 0.118. The van der Waals surface area contributed by atoms with E-state index in [4.69, 9.17) is 0 Å². The zero-order chi connectivity index (χ0) is 11.1. The van der Waals surface area contributed by atoms with Gasteiger partial charge in [-0.15, -0.1) is 0 Å². The zero-order valence-corrected chi connectivity index (χ0v) is 10.0. The average molecular weight is 210 g/mol. The van der Waals surface area contributed by atoms with E-state index < -0.39 is 0 Å². The minimum Gasteiger partial charge on any atom is -0.338 e. The van der Waals surface area contributed by atoms with Crippen molar-refractivity contribution >= 4 is 5.91 Å². The van der Waals surface area contributed by atoms with Gasteiger partial charge in [0.05, 0.1) is 6.04 Å². The molecular weight excluding hydrogens is 188 g/mol. The van der Waals surface area contributed by atoms with E-state index in [-0.39, 0.29) is 11.5 Å². The quantitative estimate of drug-likeness (QED) is 0.709. The molecule has 1 unspecified atom stereocenters. The monoisotopic (exact) mass is 210 g/mol. The maximum atomic E-state index is 12.1. The van der Waals surface area contributed by atoms with Crippen LogP contribution in [0.1, 0.15) is 40.0 Å². The molecule has 2 atom stereocenters. The molecule has 0 spiro atoms. The van der Waals surface area contributed by atoms with Crippen LogP contribution in [-0.4, -0.2) is 36.0 Å². The maximum absolute atomic E-state index is 12.1. The molecule has 2 rings (SSSR count). The van der Waals surface area contributed by atoms with E-state index in [2.05, 4.69) is 31.0 Å². The number of nitrogens with one attached hydrogen (secondary N) is 1.